The van der Waals surface area contributed by atoms with Gasteiger partial charge in [0.1, 0.15) is 41.8 Å². The molecule has 35 heavy (non-hydrogen) atoms. The molecule has 6 nitrogen and oxygen atoms in total. The summed E-state index contributed by atoms with van der Waals surface area (Å²) in [6.45, 7) is 22.5. The first-order valence-electron chi connectivity index (χ1n) is 13.7. The maximum absolute atomic E-state index is 12.2. The molecule has 3 aliphatic rings. The Balaban J connectivity index is 1.41. The zero-order chi connectivity index (χ0) is 26.1. The highest BCUT2D eigenvalue weighted by Crippen LogP contribution is 2.53. The van der Waals surface area contributed by atoms with Crippen LogP contribution in [0, 0.1) is 5.92 Å². The molecule has 3 unspecified atom stereocenters. The topological polar surface area (TPSA) is 53.0 Å². The van der Waals surface area contributed by atoms with Crippen LogP contribution in [0.2, 0.25) is 0 Å². The molecule has 3 heterocycles. The zero-order valence-electron chi connectivity index (χ0n) is 23.8. The van der Waals surface area contributed by atoms with E-state index in [1.807, 2.05) is 30.3 Å². The van der Waals surface area contributed by atoms with Gasteiger partial charge in [-0.3, -0.25) is 0 Å². The molecule has 0 bridgehead atoms. The van der Waals surface area contributed by atoms with E-state index in [4.69, 9.17) is 4.84 Å². The Morgan fingerprint density at radius 3 is 2.00 bits per heavy atom. The van der Waals surface area contributed by atoms with E-state index < -0.39 is 11.1 Å². The summed E-state index contributed by atoms with van der Waals surface area (Å²) in [5.41, 5.74) is -0.0865. The summed E-state index contributed by atoms with van der Waals surface area (Å²) in [5.74, 6) is 0.520. The number of rotatable bonds is 9. The van der Waals surface area contributed by atoms with Gasteiger partial charge in [0.25, 0.3) is 6.23 Å². The molecule has 0 saturated carbocycles. The summed E-state index contributed by atoms with van der Waals surface area (Å²) in [7, 11) is 0. The van der Waals surface area contributed by atoms with Crippen molar-refractivity contribution < 1.29 is 24.5 Å². The van der Waals surface area contributed by atoms with Gasteiger partial charge in [0.15, 0.2) is 5.69 Å². The highest BCUT2D eigenvalue weighted by Gasteiger charge is 2.71. The van der Waals surface area contributed by atoms with Crippen LogP contribution in [0.5, 0.6) is 0 Å². The molecular weight excluding hydrogens is 438 g/mol. The van der Waals surface area contributed by atoms with E-state index in [9.17, 15) is 10.4 Å². The number of benzene rings is 1. The molecule has 0 radical (unpaired) electrons. The van der Waals surface area contributed by atoms with Crippen LogP contribution >= 0.6 is 0 Å². The van der Waals surface area contributed by atoms with Gasteiger partial charge in [0.05, 0.1) is 5.92 Å². The second-order valence-corrected chi connectivity index (χ2v) is 14.7. The molecule has 0 amide bonds. The Morgan fingerprint density at radius 1 is 0.914 bits per heavy atom. The van der Waals surface area contributed by atoms with E-state index in [0.29, 0.717) is 12.1 Å². The van der Waals surface area contributed by atoms with Crippen molar-refractivity contribution in [3.8, 4) is 0 Å². The van der Waals surface area contributed by atoms with Gasteiger partial charge >= 0.3 is 0 Å². The summed E-state index contributed by atoms with van der Waals surface area (Å²) in [6, 6.07) is 10.0. The van der Waals surface area contributed by atoms with E-state index in [-0.39, 0.29) is 20.4 Å². The molecule has 3 saturated heterocycles. The molecule has 0 spiro atoms. The van der Waals surface area contributed by atoms with Gasteiger partial charge in [-0.15, -0.1) is 14.1 Å². The van der Waals surface area contributed by atoms with Crippen LogP contribution in [0.1, 0.15) is 94.4 Å². The summed E-state index contributed by atoms with van der Waals surface area (Å²) in [5, 5.41) is 23.8. The van der Waals surface area contributed by atoms with Crippen LogP contribution in [-0.2, 0) is 4.84 Å². The largest absolute Gasteiger partial charge is 0.274 e. The first-order valence-corrected chi connectivity index (χ1v) is 13.7. The quantitative estimate of drug-likeness (QED) is 0.239. The first kappa shape index (κ1) is 27.0. The normalized spacial score (nSPS) is 33.1. The van der Waals surface area contributed by atoms with Crippen molar-refractivity contribution in [2.75, 3.05) is 19.6 Å². The van der Waals surface area contributed by atoms with Crippen LogP contribution < -0.4 is 4.65 Å². The molecule has 3 atom stereocenters. The SMILES string of the molecule is CC(C)(CCC(C)(C)[N+](O)(c1ccccc1)C(C)(C)C)[N+]1(O)CC(CC(C)(C)[N+]23CCCC2O3)C1. The summed E-state index contributed by atoms with van der Waals surface area (Å²) in [6.07, 6.45) is 5.61. The number of hydroxylamine groups is 8. The van der Waals surface area contributed by atoms with Crippen molar-refractivity contribution in [3.63, 3.8) is 0 Å². The third-order valence-corrected chi connectivity index (χ3v) is 10.1. The van der Waals surface area contributed by atoms with Crippen LogP contribution in [0.3, 0.4) is 0 Å². The second kappa shape index (κ2) is 8.24. The van der Waals surface area contributed by atoms with Crippen molar-refractivity contribution in [2.24, 2.45) is 5.92 Å². The Hall–Kier alpha value is -1.02. The zero-order valence-corrected chi connectivity index (χ0v) is 23.8. The molecule has 2 N–H and O–H groups in total. The van der Waals surface area contributed by atoms with Crippen LogP contribution in [0.4, 0.5) is 5.69 Å². The van der Waals surface area contributed by atoms with Crippen molar-refractivity contribution in [2.45, 2.75) is 123 Å². The Kier molecular flexibility index (Phi) is 6.36. The lowest BCUT2D eigenvalue weighted by Crippen LogP contribution is -2.73. The fraction of sp³-hybridized carbons (Fsp3) is 0.793. The minimum Gasteiger partial charge on any atom is -0.217 e. The number of fused-ring (bicyclic) bond motifs is 1. The number of nitrogens with zero attached hydrogens (tertiary/aromatic N) is 3. The number of para-hydroxylation sites is 1. The summed E-state index contributed by atoms with van der Waals surface area (Å²) < 4.78 is 0.829. The van der Waals surface area contributed by atoms with Crippen LogP contribution in [0.15, 0.2) is 30.3 Å². The van der Waals surface area contributed by atoms with E-state index in [1.165, 1.54) is 12.8 Å². The van der Waals surface area contributed by atoms with Crippen molar-refractivity contribution >= 4 is 5.69 Å². The monoisotopic (exact) mass is 490 g/mol. The van der Waals surface area contributed by atoms with Gasteiger partial charge < -0.3 is 0 Å². The predicted octanol–water partition coefficient (Wildman–Crippen LogP) is 6.41. The molecule has 3 fully saturated rings. The summed E-state index contributed by atoms with van der Waals surface area (Å²) >= 11 is 0. The third kappa shape index (κ3) is 4.18. The molecule has 0 aromatic heterocycles. The average molecular weight is 491 g/mol. The van der Waals surface area contributed by atoms with Gasteiger partial charge in [-0.1, -0.05) is 18.2 Å². The molecule has 0 aliphatic carbocycles. The van der Waals surface area contributed by atoms with Gasteiger partial charge in [0.2, 0.25) is 0 Å². The lowest BCUT2D eigenvalue weighted by molar-refractivity contribution is -1.17. The highest BCUT2D eigenvalue weighted by atomic mass is 16.9. The Bertz CT molecular complexity index is 917. The number of quaternary nitrogens is 3. The maximum atomic E-state index is 12.2. The molecule has 1 aromatic carbocycles. The molecular formula is C29H52N3O3+3. The van der Waals surface area contributed by atoms with Crippen LogP contribution in [0.25, 0.3) is 0 Å². The van der Waals surface area contributed by atoms with Crippen LogP contribution in [-0.4, -0.2) is 67.7 Å². The smallest absolute Gasteiger partial charge is 0.217 e. The van der Waals surface area contributed by atoms with E-state index >= 15 is 0 Å². The van der Waals surface area contributed by atoms with Crippen molar-refractivity contribution in [1.82, 2.24) is 4.65 Å². The fourth-order valence-corrected chi connectivity index (χ4v) is 7.54. The van der Waals surface area contributed by atoms with E-state index in [2.05, 4.69) is 62.3 Å². The lowest BCUT2D eigenvalue weighted by Gasteiger charge is -2.55. The minimum absolute atomic E-state index is 0.111. The second-order valence-electron chi connectivity index (χ2n) is 14.7. The van der Waals surface area contributed by atoms with Gasteiger partial charge in [-0.2, -0.15) is 4.65 Å². The van der Waals surface area contributed by atoms with Gasteiger partial charge in [-0.05, 0) is 62.3 Å². The summed E-state index contributed by atoms with van der Waals surface area (Å²) in [4.78, 5) is 6.11. The third-order valence-electron chi connectivity index (χ3n) is 10.1. The Morgan fingerprint density at radius 2 is 1.51 bits per heavy atom. The highest BCUT2D eigenvalue weighted by molar-refractivity contribution is 5.44. The fourth-order valence-electron chi connectivity index (χ4n) is 7.54. The molecule has 4 rings (SSSR count). The van der Waals surface area contributed by atoms with Gasteiger partial charge in [-0.25, -0.2) is 10.4 Å². The van der Waals surface area contributed by atoms with Gasteiger partial charge in [0, 0.05) is 44.2 Å². The maximum Gasteiger partial charge on any atom is 0.274 e. The van der Waals surface area contributed by atoms with E-state index in [0.717, 1.165) is 49.2 Å². The average Bonchev–Trinajstić information content (AvgIpc) is 3.31. The Labute approximate surface area is 213 Å². The number of likely N-dealkylation sites (tertiary alicyclic amines) is 1. The lowest BCUT2D eigenvalue weighted by atomic mass is 9.78. The predicted molar refractivity (Wildman–Crippen MR) is 140 cm³/mol. The van der Waals surface area contributed by atoms with Crippen molar-refractivity contribution in [1.29, 1.82) is 0 Å². The van der Waals surface area contributed by atoms with Crippen molar-refractivity contribution in [3.05, 3.63) is 30.3 Å². The minimum atomic E-state index is -0.431. The number of hydrogen-bond donors (Lipinski definition) is 2. The van der Waals surface area contributed by atoms with E-state index in [1.54, 1.807) is 0 Å². The molecule has 3 aliphatic heterocycles. The molecule has 1 aromatic rings. The number of hydrogen-bond acceptors (Lipinski definition) is 3. The molecule has 6 heteroatoms. The first-order chi connectivity index (χ1) is 15.9. The standard InChI is InChI=1S/C29H52N3O3/c1-26(2,3)32(34,24-14-11-10-12-15-24)28(6,7)18-17-27(4,5)30(33)21-23(22-30)20-29(8,9)31-19-13-16-25(31)35-31/h10-12,14-15,23,25,33-34H,13,16-22H2,1-9H3/q+3. The molecule has 198 valence electrons.